The van der Waals surface area contributed by atoms with Crippen molar-refractivity contribution in [3.05, 3.63) is 29.8 Å². The third kappa shape index (κ3) is 4.54. The lowest BCUT2D eigenvalue weighted by Gasteiger charge is -2.10. The second-order valence-electron chi connectivity index (χ2n) is 4.81. The zero-order valence-corrected chi connectivity index (χ0v) is 11.8. The van der Waals surface area contributed by atoms with Gasteiger partial charge < -0.3 is 10.5 Å². The van der Waals surface area contributed by atoms with Crippen LogP contribution in [0.4, 0.5) is 0 Å². The van der Waals surface area contributed by atoms with Crippen LogP contribution >= 0.6 is 11.8 Å². The highest BCUT2D eigenvalue weighted by Gasteiger charge is 2.14. The molecule has 0 aromatic heterocycles. The van der Waals surface area contributed by atoms with E-state index in [9.17, 15) is 0 Å². The van der Waals surface area contributed by atoms with Gasteiger partial charge in [-0.2, -0.15) is 11.8 Å². The van der Waals surface area contributed by atoms with Gasteiger partial charge in [-0.05, 0) is 43.5 Å². The summed E-state index contributed by atoms with van der Waals surface area (Å²) in [6.07, 6.45) is 6.58. The van der Waals surface area contributed by atoms with Gasteiger partial charge in [0.2, 0.25) is 0 Å². The Morgan fingerprint density at radius 2 is 1.89 bits per heavy atom. The van der Waals surface area contributed by atoms with E-state index in [2.05, 4.69) is 23.9 Å². The Balaban J connectivity index is 1.63. The van der Waals surface area contributed by atoms with E-state index in [1.165, 1.54) is 31.2 Å². The topological polar surface area (TPSA) is 35.2 Å². The summed E-state index contributed by atoms with van der Waals surface area (Å²) in [4.78, 5) is 0. The van der Waals surface area contributed by atoms with Crippen LogP contribution in [0.25, 0.3) is 0 Å². The number of nitrogens with two attached hydrogens (primary N) is 1. The molecule has 1 fully saturated rings. The van der Waals surface area contributed by atoms with Crippen LogP contribution in [0, 0.1) is 0 Å². The molecule has 3 heteroatoms. The number of hydrogen-bond acceptors (Lipinski definition) is 3. The standard InChI is InChI=1S/C15H23NOS/c16-10-9-13-5-7-14(8-6-13)17-11-12-18-15-3-1-2-4-15/h5-8,15H,1-4,9-12,16H2. The predicted molar refractivity (Wildman–Crippen MR) is 79.4 cm³/mol. The van der Waals surface area contributed by atoms with Gasteiger partial charge in [-0.25, -0.2) is 0 Å². The molecule has 1 saturated carbocycles. The number of benzene rings is 1. The highest BCUT2D eigenvalue weighted by Crippen LogP contribution is 2.29. The number of hydrogen-bond donors (Lipinski definition) is 1. The summed E-state index contributed by atoms with van der Waals surface area (Å²) in [5.74, 6) is 2.08. The molecule has 0 heterocycles. The second-order valence-corrected chi connectivity index (χ2v) is 6.22. The van der Waals surface area contributed by atoms with E-state index in [0.717, 1.165) is 29.8 Å². The minimum Gasteiger partial charge on any atom is -0.493 e. The molecule has 1 aromatic rings. The molecule has 0 saturated heterocycles. The van der Waals surface area contributed by atoms with Gasteiger partial charge in [0.25, 0.3) is 0 Å². The third-order valence-corrected chi connectivity index (χ3v) is 4.71. The minimum atomic E-state index is 0.707. The lowest BCUT2D eigenvalue weighted by molar-refractivity contribution is 0.343. The summed E-state index contributed by atoms with van der Waals surface area (Å²) in [5, 5.41) is 0.889. The lowest BCUT2D eigenvalue weighted by atomic mass is 10.1. The van der Waals surface area contributed by atoms with E-state index in [4.69, 9.17) is 10.5 Å². The zero-order valence-electron chi connectivity index (χ0n) is 10.9. The van der Waals surface area contributed by atoms with Crippen molar-refractivity contribution >= 4 is 11.8 Å². The molecule has 0 radical (unpaired) electrons. The van der Waals surface area contributed by atoms with E-state index >= 15 is 0 Å². The molecule has 1 aliphatic carbocycles. The van der Waals surface area contributed by atoms with Crippen LogP contribution in [0.1, 0.15) is 31.2 Å². The molecule has 1 aromatic carbocycles. The Hall–Kier alpha value is -0.670. The van der Waals surface area contributed by atoms with Crippen molar-refractivity contribution in [1.82, 2.24) is 0 Å². The first-order valence-corrected chi connectivity index (χ1v) is 7.97. The number of rotatable bonds is 7. The maximum absolute atomic E-state index is 5.75. The van der Waals surface area contributed by atoms with Gasteiger partial charge in [0, 0.05) is 11.0 Å². The predicted octanol–water partition coefficient (Wildman–Crippen LogP) is 3.24. The van der Waals surface area contributed by atoms with Crippen LogP contribution in [-0.4, -0.2) is 24.2 Å². The summed E-state index contributed by atoms with van der Waals surface area (Å²) >= 11 is 2.07. The Kier molecular flexibility index (Phi) is 5.88. The van der Waals surface area contributed by atoms with Crippen LogP contribution in [0.3, 0.4) is 0 Å². The fourth-order valence-electron chi connectivity index (χ4n) is 2.35. The Morgan fingerprint density at radius 3 is 2.56 bits per heavy atom. The SMILES string of the molecule is NCCc1ccc(OCCSC2CCCC2)cc1. The Bertz CT molecular complexity index is 333. The van der Waals surface area contributed by atoms with Crippen molar-refractivity contribution in [2.24, 2.45) is 5.73 Å². The van der Waals surface area contributed by atoms with Gasteiger partial charge >= 0.3 is 0 Å². The van der Waals surface area contributed by atoms with Gasteiger partial charge in [-0.3, -0.25) is 0 Å². The van der Waals surface area contributed by atoms with E-state index in [1.807, 2.05) is 12.1 Å². The summed E-state index contributed by atoms with van der Waals surface area (Å²) in [6, 6.07) is 8.30. The van der Waals surface area contributed by atoms with Crippen LogP contribution in [0.2, 0.25) is 0 Å². The highest BCUT2D eigenvalue weighted by atomic mass is 32.2. The fourth-order valence-corrected chi connectivity index (χ4v) is 3.53. The molecule has 2 rings (SSSR count). The van der Waals surface area contributed by atoms with Crippen molar-refractivity contribution in [3.63, 3.8) is 0 Å². The first-order chi connectivity index (χ1) is 8.88. The van der Waals surface area contributed by atoms with Crippen molar-refractivity contribution in [3.8, 4) is 5.75 Å². The largest absolute Gasteiger partial charge is 0.493 e. The zero-order chi connectivity index (χ0) is 12.6. The maximum Gasteiger partial charge on any atom is 0.119 e. The van der Waals surface area contributed by atoms with E-state index in [1.54, 1.807) is 0 Å². The molecule has 0 aliphatic heterocycles. The van der Waals surface area contributed by atoms with Crippen LogP contribution in [-0.2, 0) is 6.42 Å². The van der Waals surface area contributed by atoms with Crippen LogP contribution in [0.15, 0.2) is 24.3 Å². The molecular formula is C15H23NOS. The summed E-state index contributed by atoms with van der Waals surface area (Å²) in [7, 11) is 0. The summed E-state index contributed by atoms with van der Waals surface area (Å²) in [6.45, 7) is 1.52. The third-order valence-electron chi connectivity index (χ3n) is 3.36. The Morgan fingerprint density at radius 1 is 1.17 bits per heavy atom. The average molecular weight is 265 g/mol. The van der Waals surface area contributed by atoms with Crippen molar-refractivity contribution < 1.29 is 4.74 Å². The molecule has 0 bridgehead atoms. The fraction of sp³-hybridized carbons (Fsp3) is 0.600. The van der Waals surface area contributed by atoms with E-state index < -0.39 is 0 Å². The molecule has 2 N–H and O–H groups in total. The van der Waals surface area contributed by atoms with Gasteiger partial charge in [-0.15, -0.1) is 0 Å². The summed E-state index contributed by atoms with van der Waals surface area (Å²) < 4.78 is 5.75. The molecule has 0 amide bonds. The van der Waals surface area contributed by atoms with Crippen molar-refractivity contribution in [2.75, 3.05) is 18.9 Å². The molecule has 1 aliphatic rings. The minimum absolute atomic E-state index is 0.707. The molecule has 2 nitrogen and oxygen atoms in total. The molecule has 18 heavy (non-hydrogen) atoms. The van der Waals surface area contributed by atoms with Crippen LogP contribution < -0.4 is 10.5 Å². The highest BCUT2D eigenvalue weighted by molar-refractivity contribution is 7.99. The van der Waals surface area contributed by atoms with Gasteiger partial charge in [-0.1, -0.05) is 25.0 Å². The smallest absolute Gasteiger partial charge is 0.119 e. The normalized spacial score (nSPS) is 16.1. The maximum atomic E-state index is 5.75. The molecule has 100 valence electrons. The quantitative estimate of drug-likeness (QED) is 0.769. The monoisotopic (exact) mass is 265 g/mol. The summed E-state index contributed by atoms with van der Waals surface area (Å²) in [5.41, 5.74) is 6.81. The van der Waals surface area contributed by atoms with Crippen molar-refractivity contribution in [2.45, 2.75) is 37.4 Å². The first-order valence-electron chi connectivity index (χ1n) is 6.92. The van der Waals surface area contributed by atoms with Gasteiger partial charge in [0.15, 0.2) is 0 Å². The number of ether oxygens (including phenoxy) is 1. The van der Waals surface area contributed by atoms with Gasteiger partial charge in [0.1, 0.15) is 5.75 Å². The molecule has 0 atom stereocenters. The average Bonchev–Trinajstić information content (AvgIpc) is 2.90. The number of thioether (sulfide) groups is 1. The second kappa shape index (κ2) is 7.70. The molecule has 0 spiro atoms. The molecular weight excluding hydrogens is 242 g/mol. The van der Waals surface area contributed by atoms with E-state index in [-0.39, 0.29) is 0 Å². The Labute approximate surface area is 114 Å². The van der Waals surface area contributed by atoms with Gasteiger partial charge in [0.05, 0.1) is 6.61 Å². The van der Waals surface area contributed by atoms with Crippen molar-refractivity contribution in [1.29, 1.82) is 0 Å². The lowest BCUT2D eigenvalue weighted by Crippen LogP contribution is -2.05. The molecule has 0 unspecified atom stereocenters. The van der Waals surface area contributed by atoms with E-state index in [0.29, 0.717) is 6.54 Å². The first kappa shape index (κ1) is 13.8. The van der Waals surface area contributed by atoms with Crippen LogP contribution in [0.5, 0.6) is 5.75 Å².